The smallest absolute Gasteiger partial charge is 0.120 e. The first-order chi connectivity index (χ1) is 9.24. The average molecular weight is 257 g/mol. The molecule has 1 aromatic heterocycles. The second-order valence-electron chi connectivity index (χ2n) is 5.15. The number of aromatic amines is 1. The third kappa shape index (κ3) is 2.49. The Hall–Kier alpha value is -1.81. The molecule has 2 heterocycles. The molecule has 4 nitrogen and oxygen atoms in total. The van der Waals surface area contributed by atoms with Crippen LogP contribution >= 0.6 is 0 Å². The lowest BCUT2D eigenvalue weighted by Gasteiger charge is -2.14. The number of fused-ring (bicyclic) bond motifs is 1. The number of nitrogens with zero attached hydrogens (tertiary/aromatic N) is 1. The SMILES string of the molecule is CC(C)Oc1cccc(-c2n[nH]c3c2CNCC3)c1. The van der Waals surface area contributed by atoms with Crippen molar-refractivity contribution in [2.45, 2.75) is 32.9 Å². The van der Waals surface area contributed by atoms with Crippen LogP contribution in [0, 0.1) is 0 Å². The second kappa shape index (κ2) is 5.05. The normalized spacial score (nSPS) is 14.5. The predicted molar refractivity (Wildman–Crippen MR) is 75.2 cm³/mol. The van der Waals surface area contributed by atoms with Crippen LogP contribution in [-0.4, -0.2) is 22.8 Å². The first-order valence-electron chi connectivity index (χ1n) is 6.78. The lowest BCUT2D eigenvalue weighted by molar-refractivity contribution is 0.242. The molecule has 0 saturated carbocycles. The maximum Gasteiger partial charge on any atom is 0.120 e. The summed E-state index contributed by atoms with van der Waals surface area (Å²) in [6, 6.07) is 8.15. The van der Waals surface area contributed by atoms with E-state index in [1.54, 1.807) is 0 Å². The van der Waals surface area contributed by atoms with Crippen molar-refractivity contribution >= 4 is 0 Å². The van der Waals surface area contributed by atoms with E-state index in [1.165, 1.54) is 11.3 Å². The van der Waals surface area contributed by atoms with Crippen LogP contribution in [-0.2, 0) is 13.0 Å². The van der Waals surface area contributed by atoms with Crippen molar-refractivity contribution in [2.75, 3.05) is 6.54 Å². The summed E-state index contributed by atoms with van der Waals surface area (Å²) in [4.78, 5) is 0. The van der Waals surface area contributed by atoms with E-state index >= 15 is 0 Å². The number of nitrogens with one attached hydrogen (secondary N) is 2. The highest BCUT2D eigenvalue weighted by Crippen LogP contribution is 2.28. The van der Waals surface area contributed by atoms with Gasteiger partial charge < -0.3 is 10.1 Å². The van der Waals surface area contributed by atoms with Crippen LogP contribution in [0.25, 0.3) is 11.3 Å². The Bertz CT molecular complexity index is 575. The molecular weight excluding hydrogens is 238 g/mol. The summed E-state index contributed by atoms with van der Waals surface area (Å²) in [7, 11) is 0. The number of ether oxygens (including phenoxy) is 1. The minimum atomic E-state index is 0.185. The molecule has 0 saturated heterocycles. The first-order valence-corrected chi connectivity index (χ1v) is 6.78. The van der Waals surface area contributed by atoms with Crippen molar-refractivity contribution in [1.29, 1.82) is 0 Å². The zero-order chi connectivity index (χ0) is 13.2. The van der Waals surface area contributed by atoms with Gasteiger partial charge >= 0.3 is 0 Å². The average Bonchev–Trinajstić information content (AvgIpc) is 2.82. The number of benzene rings is 1. The van der Waals surface area contributed by atoms with Gasteiger partial charge in [-0.3, -0.25) is 5.10 Å². The van der Waals surface area contributed by atoms with Gasteiger partial charge in [-0.25, -0.2) is 0 Å². The van der Waals surface area contributed by atoms with Gasteiger partial charge in [-0.1, -0.05) is 12.1 Å². The van der Waals surface area contributed by atoms with E-state index in [9.17, 15) is 0 Å². The number of aromatic nitrogens is 2. The number of rotatable bonds is 3. The first kappa shape index (κ1) is 12.2. The summed E-state index contributed by atoms with van der Waals surface area (Å²) in [5, 5.41) is 11.0. The molecule has 2 aromatic rings. The van der Waals surface area contributed by atoms with E-state index in [-0.39, 0.29) is 6.10 Å². The predicted octanol–water partition coefficient (Wildman–Crippen LogP) is 2.51. The molecule has 0 aliphatic carbocycles. The molecule has 19 heavy (non-hydrogen) atoms. The minimum Gasteiger partial charge on any atom is -0.491 e. The van der Waals surface area contributed by atoms with Gasteiger partial charge in [-0.2, -0.15) is 5.10 Å². The van der Waals surface area contributed by atoms with Crippen LogP contribution < -0.4 is 10.1 Å². The second-order valence-corrected chi connectivity index (χ2v) is 5.15. The molecule has 2 N–H and O–H groups in total. The van der Waals surface area contributed by atoms with Crippen molar-refractivity contribution in [3.63, 3.8) is 0 Å². The van der Waals surface area contributed by atoms with Crippen molar-refractivity contribution in [3.8, 4) is 17.0 Å². The molecule has 0 fully saturated rings. The molecule has 0 radical (unpaired) electrons. The fraction of sp³-hybridized carbons (Fsp3) is 0.400. The molecular formula is C15H19N3O. The molecule has 100 valence electrons. The lowest BCUT2D eigenvalue weighted by atomic mass is 10.0. The summed E-state index contributed by atoms with van der Waals surface area (Å²) >= 11 is 0. The third-order valence-electron chi connectivity index (χ3n) is 3.29. The van der Waals surface area contributed by atoms with E-state index < -0.39 is 0 Å². The van der Waals surface area contributed by atoms with Crippen molar-refractivity contribution in [2.24, 2.45) is 0 Å². The van der Waals surface area contributed by atoms with Crippen molar-refractivity contribution in [3.05, 3.63) is 35.5 Å². The van der Waals surface area contributed by atoms with Crippen LogP contribution in [0.2, 0.25) is 0 Å². The van der Waals surface area contributed by atoms with Crippen LogP contribution in [0.5, 0.6) is 5.75 Å². The summed E-state index contributed by atoms with van der Waals surface area (Å²) in [5.74, 6) is 0.896. The lowest BCUT2D eigenvalue weighted by Crippen LogP contribution is -2.23. The Morgan fingerprint density at radius 2 is 2.21 bits per heavy atom. The molecule has 1 aromatic carbocycles. The molecule has 0 unspecified atom stereocenters. The Morgan fingerprint density at radius 3 is 3.05 bits per heavy atom. The summed E-state index contributed by atoms with van der Waals surface area (Å²) < 4.78 is 5.74. The van der Waals surface area contributed by atoms with Gasteiger partial charge in [0, 0.05) is 36.3 Å². The van der Waals surface area contributed by atoms with Gasteiger partial charge in [-0.05, 0) is 26.0 Å². The van der Waals surface area contributed by atoms with Crippen molar-refractivity contribution in [1.82, 2.24) is 15.5 Å². The van der Waals surface area contributed by atoms with Crippen LogP contribution in [0.1, 0.15) is 25.1 Å². The number of hydrogen-bond donors (Lipinski definition) is 2. The fourth-order valence-corrected chi connectivity index (χ4v) is 2.45. The molecule has 4 heteroatoms. The Labute approximate surface area is 113 Å². The highest BCUT2D eigenvalue weighted by Gasteiger charge is 2.17. The van der Waals surface area contributed by atoms with Crippen LogP contribution in [0.4, 0.5) is 0 Å². The van der Waals surface area contributed by atoms with E-state index in [1.807, 2.05) is 26.0 Å². The maximum absolute atomic E-state index is 5.74. The van der Waals surface area contributed by atoms with Gasteiger partial charge in [0.1, 0.15) is 5.75 Å². The zero-order valence-electron chi connectivity index (χ0n) is 11.4. The molecule has 0 bridgehead atoms. The zero-order valence-corrected chi connectivity index (χ0v) is 11.4. The quantitative estimate of drug-likeness (QED) is 0.888. The Balaban J connectivity index is 1.95. The van der Waals surface area contributed by atoms with Gasteiger partial charge in [0.05, 0.1) is 11.8 Å². The topological polar surface area (TPSA) is 49.9 Å². The Morgan fingerprint density at radius 1 is 1.32 bits per heavy atom. The van der Waals surface area contributed by atoms with E-state index in [0.717, 1.165) is 36.5 Å². The van der Waals surface area contributed by atoms with E-state index in [0.29, 0.717) is 0 Å². The molecule has 0 amide bonds. The molecule has 1 aliphatic rings. The monoisotopic (exact) mass is 257 g/mol. The number of hydrogen-bond acceptors (Lipinski definition) is 3. The highest BCUT2D eigenvalue weighted by atomic mass is 16.5. The molecule has 0 spiro atoms. The largest absolute Gasteiger partial charge is 0.491 e. The molecule has 3 rings (SSSR count). The maximum atomic E-state index is 5.74. The van der Waals surface area contributed by atoms with Gasteiger partial charge in [0.15, 0.2) is 0 Å². The van der Waals surface area contributed by atoms with Gasteiger partial charge in [-0.15, -0.1) is 0 Å². The van der Waals surface area contributed by atoms with Gasteiger partial charge in [0.2, 0.25) is 0 Å². The molecule has 1 aliphatic heterocycles. The van der Waals surface area contributed by atoms with Gasteiger partial charge in [0.25, 0.3) is 0 Å². The van der Waals surface area contributed by atoms with Crippen LogP contribution in [0.3, 0.4) is 0 Å². The summed E-state index contributed by atoms with van der Waals surface area (Å²) in [6.07, 6.45) is 1.20. The summed E-state index contributed by atoms with van der Waals surface area (Å²) in [5.41, 5.74) is 4.69. The van der Waals surface area contributed by atoms with E-state index in [2.05, 4.69) is 27.6 Å². The fourth-order valence-electron chi connectivity index (χ4n) is 2.45. The number of H-pyrrole nitrogens is 1. The van der Waals surface area contributed by atoms with Crippen molar-refractivity contribution < 1.29 is 4.74 Å². The molecule has 0 atom stereocenters. The van der Waals surface area contributed by atoms with E-state index in [4.69, 9.17) is 4.74 Å². The summed E-state index contributed by atoms with van der Waals surface area (Å²) in [6.45, 7) is 5.97. The van der Waals surface area contributed by atoms with Crippen LogP contribution in [0.15, 0.2) is 24.3 Å². The highest BCUT2D eigenvalue weighted by molar-refractivity contribution is 5.65. The Kier molecular flexibility index (Phi) is 3.25. The minimum absolute atomic E-state index is 0.185. The standard InChI is InChI=1S/C15H19N3O/c1-10(2)19-12-5-3-4-11(8-12)15-13-9-16-7-6-14(13)17-18-15/h3-5,8,10,16H,6-7,9H2,1-2H3,(H,17,18). The third-order valence-corrected chi connectivity index (χ3v) is 3.29.